The molecular weight excluding hydrogens is 460 g/mol. The van der Waals surface area contributed by atoms with Gasteiger partial charge in [-0.15, -0.1) is 0 Å². The lowest BCUT2D eigenvalue weighted by Gasteiger charge is -2.71. The summed E-state index contributed by atoms with van der Waals surface area (Å²) in [6.45, 7) is 15.7. The minimum atomic E-state index is -1.91. The molecule has 0 N–H and O–H groups in total. The first-order valence-electron chi connectivity index (χ1n) is 13.4. The predicted molar refractivity (Wildman–Crippen MR) is 146 cm³/mol. The Morgan fingerprint density at radius 2 is 1.38 bits per heavy atom. The summed E-state index contributed by atoms with van der Waals surface area (Å²) in [4.78, 5) is 59.1. The van der Waals surface area contributed by atoms with Gasteiger partial charge in [0.2, 0.25) is 0 Å². The molecule has 5 atom stereocenters. The van der Waals surface area contributed by atoms with E-state index in [0.717, 1.165) is 16.7 Å². The highest BCUT2D eigenvalue weighted by Crippen LogP contribution is 2.75. The summed E-state index contributed by atoms with van der Waals surface area (Å²) in [6, 6.07) is 8.68. The Labute approximate surface area is 221 Å². The Kier molecular flexibility index (Phi) is 6.50. The first-order chi connectivity index (χ1) is 17.2. The van der Waals surface area contributed by atoms with Crippen molar-refractivity contribution in [3.63, 3.8) is 0 Å². The second kappa shape index (κ2) is 8.85. The Morgan fingerprint density at radius 3 is 1.92 bits per heavy atom. The molecule has 4 heteroatoms. The van der Waals surface area contributed by atoms with Crippen LogP contribution in [0, 0.1) is 33.5 Å². The van der Waals surface area contributed by atoms with Crippen LogP contribution in [-0.2, 0) is 14.4 Å². The molecule has 0 saturated heterocycles. The molecule has 4 nitrogen and oxygen atoms in total. The molecule has 4 bridgehead atoms. The van der Waals surface area contributed by atoms with E-state index in [0.29, 0.717) is 12.0 Å². The lowest BCUT2D eigenvalue weighted by Crippen LogP contribution is -2.83. The summed E-state index contributed by atoms with van der Waals surface area (Å²) in [7, 11) is 0. The molecule has 1 aromatic rings. The van der Waals surface area contributed by atoms with E-state index < -0.39 is 44.9 Å². The van der Waals surface area contributed by atoms with Gasteiger partial charge >= 0.3 is 0 Å². The third-order valence-corrected chi connectivity index (χ3v) is 9.47. The maximum Gasteiger partial charge on any atom is 0.184 e. The van der Waals surface area contributed by atoms with Crippen molar-refractivity contribution in [2.75, 3.05) is 0 Å². The maximum atomic E-state index is 15.0. The lowest BCUT2D eigenvalue weighted by molar-refractivity contribution is -0.210. The molecule has 0 spiro atoms. The summed E-state index contributed by atoms with van der Waals surface area (Å²) in [6.07, 6.45) is 6.66. The number of hydrogen-bond donors (Lipinski definition) is 0. The summed E-state index contributed by atoms with van der Waals surface area (Å²) in [5.74, 6) is -2.48. The van der Waals surface area contributed by atoms with Crippen molar-refractivity contribution in [2.45, 2.75) is 74.7 Å². The second-order valence-corrected chi connectivity index (χ2v) is 12.8. The van der Waals surface area contributed by atoms with Crippen LogP contribution in [0.1, 0.15) is 85.0 Å². The molecule has 4 aliphatic rings. The fourth-order valence-corrected chi connectivity index (χ4v) is 7.56. The number of carbonyl (C=O) groups excluding carboxylic acids is 4. The predicted octanol–water partition coefficient (Wildman–Crippen LogP) is 6.90. The average Bonchev–Trinajstić information content (AvgIpc) is 2.82. The number of benzene rings is 1. The van der Waals surface area contributed by atoms with Gasteiger partial charge in [0.1, 0.15) is 0 Å². The minimum Gasteiger partial charge on any atom is -0.297 e. The summed E-state index contributed by atoms with van der Waals surface area (Å²) < 4.78 is 0. The van der Waals surface area contributed by atoms with Crippen molar-refractivity contribution in [3.05, 3.63) is 70.8 Å². The van der Waals surface area contributed by atoms with Crippen LogP contribution < -0.4 is 0 Å². The molecule has 4 saturated carbocycles. The number of allylic oxidation sites excluding steroid dienone is 6. The van der Waals surface area contributed by atoms with E-state index in [9.17, 15) is 14.4 Å². The van der Waals surface area contributed by atoms with Gasteiger partial charge in [0.05, 0.1) is 10.8 Å². The van der Waals surface area contributed by atoms with Crippen LogP contribution in [0.2, 0.25) is 0 Å². The van der Waals surface area contributed by atoms with Gasteiger partial charge in [0.15, 0.2) is 28.5 Å². The fraction of sp³-hybridized carbons (Fsp3) is 0.515. The second-order valence-electron chi connectivity index (χ2n) is 12.8. The van der Waals surface area contributed by atoms with Gasteiger partial charge < -0.3 is 0 Å². The molecule has 0 radical (unpaired) electrons. The van der Waals surface area contributed by atoms with Crippen molar-refractivity contribution < 1.29 is 19.2 Å². The van der Waals surface area contributed by atoms with Crippen molar-refractivity contribution in [1.82, 2.24) is 0 Å². The van der Waals surface area contributed by atoms with E-state index in [1.165, 1.54) is 0 Å². The van der Waals surface area contributed by atoms with Crippen LogP contribution >= 0.6 is 0 Å². The number of rotatable bonds is 7. The Balaban J connectivity index is 2.14. The van der Waals surface area contributed by atoms with E-state index in [-0.39, 0.29) is 24.5 Å². The van der Waals surface area contributed by atoms with Gasteiger partial charge in [0, 0.05) is 11.5 Å². The largest absolute Gasteiger partial charge is 0.297 e. The van der Waals surface area contributed by atoms with Gasteiger partial charge in [0.25, 0.3) is 0 Å². The Bertz CT molecular complexity index is 1260. The zero-order chi connectivity index (χ0) is 27.6. The van der Waals surface area contributed by atoms with Gasteiger partial charge in [-0.3, -0.25) is 19.2 Å². The minimum absolute atomic E-state index is 0.181. The number of ketones is 4. The zero-order valence-corrected chi connectivity index (χ0v) is 23.5. The van der Waals surface area contributed by atoms with E-state index in [2.05, 4.69) is 0 Å². The van der Waals surface area contributed by atoms with Crippen molar-refractivity contribution in [2.24, 2.45) is 33.5 Å². The molecule has 4 aliphatic carbocycles. The summed E-state index contributed by atoms with van der Waals surface area (Å²) in [5, 5.41) is 0. The highest BCUT2D eigenvalue weighted by atomic mass is 16.2. The molecule has 37 heavy (non-hydrogen) atoms. The first-order valence-corrected chi connectivity index (χ1v) is 13.4. The molecule has 0 aliphatic heterocycles. The molecule has 0 unspecified atom stereocenters. The van der Waals surface area contributed by atoms with Crippen LogP contribution in [0.4, 0.5) is 0 Å². The number of Topliss-reactive ketones (excluding diaryl/α,β-unsaturated/α-hetero) is 4. The van der Waals surface area contributed by atoms with Crippen molar-refractivity contribution in [3.8, 4) is 0 Å². The maximum absolute atomic E-state index is 15.0. The van der Waals surface area contributed by atoms with Crippen LogP contribution in [0.5, 0.6) is 0 Å². The zero-order valence-electron chi connectivity index (χ0n) is 23.5. The third-order valence-electron chi connectivity index (χ3n) is 9.47. The summed E-state index contributed by atoms with van der Waals surface area (Å²) >= 11 is 0. The molecule has 5 rings (SSSR count). The molecule has 0 heterocycles. The molecule has 4 fully saturated rings. The lowest BCUT2D eigenvalue weighted by atomic mass is 9.27. The molecule has 0 amide bonds. The molecule has 1 aromatic carbocycles. The van der Waals surface area contributed by atoms with Gasteiger partial charge in [-0.2, -0.15) is 0 Å². The fourth-order valence-electron chi connectivity index (χ4n) is 7.56. The molecule has 196 valence electrons. The smallest absolute Gasteiger partial charge is 0.184 e. The highest BCUT2D eigenvalue weighted by Gasteiger charge is 2.86. The number of carbonyl (C=O) groups is 4. The van der Waals surface area contributed by atoms with Gasteiger partial charge in [-0.25, -0.2) is 0 Å². The van der Waals surface area contributed by atoms with Crippen LogP contribution in [-0.4, -0.2) is 23.1 Å². The first kappa shape index (κ1) is 27.2. The third kappa shape index (κ3) is 3.40. The standard InChI is InChI=1S/C33H40O4/c1-20(2)14-16-31-19-25-24(18-22(5)6)33(28(31)36,26(34)23-12-10-9-11-13-23)29(37)32(27(31)35,30(25,7)8)17-15-21(3)4/h9-15,18,24-25H,16-17,19H2,1-8H3/t24-,25+,31+,32-,33-/m0/s1. The molecular formula is C33H40O4. The van der Waals surface area contributed by atoms with Gasteiger partial charge in [-0.1, -0.05) is 79.1 Å². The quantitative estimate of drug-likeness (QED) is 0.232. The normalized spacial score (nSPS) is 33.2. The van der Waals surface area contributed by atoms with Crippen molar-refractivity contribution in [1.29, 1.82) is 0 Å². The average molecular weight is 501 g/mol. The van der Waals surface area contributed by atoms with E-state index in [4.69, 9.17) is 0 Å². The van der Waals surface area contributed by atoms with Crippen LogP contribution in [0.25, 0.3) is 0 Å². The summed E-state index contributed by atoms with van der Waals surface area (Å²) in [5.41, 5.74) is -2.14. The highest BCUT2D eigenvalue weighted by molar-refractivity contribution is 6.42. The number of hydrogen-bond acceptors (Lipinski definition) is 4. The Hall–Kier alpha value is -2.88. The monoisotopic (exact) mass is 500 g/mol. The van der Waals surface area contributed by atoms with E-state index >= 15 is 4.79 Å². The van der Waals surface area contributed by atoms with E-state index in [1.54, 1.807) is 24.3 Å². The van der Waals surface area contributed by atoms with Crippen molar-refractivity contribution >= 4 is 23.1 Å². The van der Waals surface area contributed by atoms with E-state index in [1.807, 2.05) is 79.7 Å². The topological polar surface area (TPSA) is 68.3 Å². The van der Waals surface area contributed by atoms with Gasteiger partial charge in [-0.05, 0) is 72.1 Å². The van der Waals surface area contributed by atoms with Crippen LogP contribution in [0.3, 0.4) is 0 Å². The Morgan fingerprint density at radius 1 is 0.811 bits per heavy atom. The van der Waals surface area contributed by atoms with Crippen LogP contribution in [0.15, 0.2) is 65.3 Å². The SMILES string of the molecule is CC(C)=CC[C@]12C[C@@H]3[C@H](C=C(C)C)[C@](C(=O)c4ccccc4)(C1=O)C(=O)[C@](CC=C(C)C)(C2=O)C3(C)C. The molecule has 0 aromatic heterocycles.